The number of aromatic hydroxyl groups is 4. The number of rotatable bonds is 4. The van der Waals surface area contributed by atoms with Crippen molar-refractivity contribution in [1.29, 1.82) is 0 Å². The molecule has 0 atom stereocenters. The second kappa shape index (κ2) is 8.20. The van der Waals surface area contributed by atoms with E-state index in [1.807, 2.05) is 60.7 Å². The zero-order valence-corrected chi connectivity index (χ0v) is 17.6. The molecule has 162 valence electrons. The number of nitrogens with zero attached hydrogens (tertiary/aromatic N) is 1. The third kappa shape index (κ3) is 3.81. The Labute approximate surface area is 190 Å². The Hall–Kier alpha value is -4.51. The Morgan fingerprint density at radius 2 is 1.27 bits per heavy atom. The molecule has 0 aliphatic heterocycles. The molecular formula is C28H21NO4. The van der Waals surface area contributed by atoms with Gasteiger partial charge in [-0.3, -0.25) is 4.98 Å². The van der Waals surface area contributed by atoms with Crippen molar-refractivity contribution in [3.8, 4) is 45.3 Å². The van der Waals surface area contributed by atoms with Crippen LogP contribution >= 0.6 is 0 Å². The fourth-order valence-electron chi connectivity index (χ4n) is 4.06. The number of fused-ring (bicyclic) bond motifs is 1. The van der Waals surface area contributed by atoms with Crippen LogP contribution in [-0.2, 0) is 6.42 Å². The SMILES string of the molecule is Oc1ccc(Cc2nccc3c(O)c(O)c(-c4ccc(-c5ccccc5)cc4)cc23)cc1O. The van der Waals surface area contributed by atoms with Crippen molar-refractivity contribution < 1.29 is 20.4 Å². The topological polar surface area (TPSA) is 93.8 Å². The first-order valence-corrected chi connectivity index (χ1v) is 10.5. The molecule has 5 aromatic rings. The number of phenolic OH excluding ortho intramolecular Hbond substituents is 4. The largest absolute Gasteiger partial charge is 0.504 e. The molecule has 5 heteroatoms. The van der Waals surface area contributed by atoms with Gasteiger partial charge in [0.2, 0.25) is 0 Å². The first-order chi connectivity index (χ1) is 16.0. The maximum Gasteiger partial charge on any atom is 0.166 e. The van der Waals surface area contributed by atoms with Gasteiger partial charge in [-0.15, -0.1) is 0 Å². The monoisotopic (exact) mass is 435 g/mol. The fourth-order valence-corrected chi connectivity index (χ4v) is 4.06. The van der Waals surface area contributed by atoms with Gasteiger partial charge in [0.1, 0.15) is 0 Å². The summed E-state index contributed by atoms with van der Waals surface area (Å²) in [5.41, 5.74) is 4.85. The summed E-state index contributed by atoms with van der Waals surface area (Å²) in [7, 11) is 0. The zero-order chi connectivity index (χ0) is 22.9. The van der Waals surface area contributed by atoms with E-state index in [2.05, 4.69) is 4.98 Å². The predicted octanol–water partition coefficient (Wildman–Crippen LogP) is 5.98. The molecule has 33 heavy (non-hydrogen) atoms. The lowest BCUT2D eigenvalue weighted by Crippen LogP contribution is -1.95. The lowest BCUT2D eigenvalue weighted by atomic mass is 9.95. The predicted molar refractivity (Wildman–Crippen MR) is 129 cm³/mol. The molecule has 5 rings (SSSR count). The quantitative estimate of drug-likeness (QED) is 0.261. The minimum atomic E-state index is -0.202. The maximum absolute atomic E-state index is 10.8. The number of pyridine rings is 1. The summed E-state index contributed by atoms with van der Waals surface area (Å²) in [4.78, 5) is 4.48. The van der Waals surface area contributed by atoms with Gasteiger partial charge in [-0.25, -0.2) is 0 Å². The Bertz CT molecular complexity index is 1460. The minimum Gasteiger partial charge on any atom is -0.504 e. The van der Waals surface area contributed by atoms with Gasteiger partial charge in [-0.2, -0.15) is 0 Å². The Morgan fingerprint density at radius 1 is 0.576 bits per heavy atom. The average molecular weight is 435 g/mol. The van der Waals surface area contributed by atoms with Crippen LogP contribution < -0.4 is 0 Å². The van der Waals surface area contributed by atoms with Crippen molar-refractivity contribution >= 4 is 10.8 Å². The third-order valence-corrected chi connectivity index (χ3v) is 5.81. The molecule has 0 fully saturated rings. The van der Waals surface area contributed by atoms with E-state index >= 15 is 0 Å². The lowest BCUT2D eigenvalue weighted by Gasteiger charge is -2.13. The van der Waals surface area contributed by atoms with Gasteiger partial charge in [0.25, 0.3) is 0 Å². The molecule has 1 heterocycles. The molecule has 0 aliphatic rings. The number of phenols is 4. The van der Waals surface area contributed by atoms with Crippen molar-refractivity contribution in [1.82, 2.24) is 4.98 Å². The highest BCUT2D eigenvalue weighted by atomic mass is 16.3. The first kappa shape index (κ1) is 20.4. The standard InChI is InChI=1S/C28H21NO4/c30-25-11-6-17(15-26(25)31)14-24-23-16-22(28(33)27(32)21(23)12-13-29-24)20-9-7-19(8-10-20)18-4-2-1-3-5-18/h1-13,15-16,30-33H,14H2. The van der Waals surface area contributed by atoms with E-state index in [1.165, 1.54) is 12.1 Å². The van der Waals surface area contributed by atoms with Gasteiger partial charge in [0, 0.05) is 29.0 Å². The van der Waals surface area contributed by atoms with Gasteiger partial charge >= 0.3 is 0 Å². The second-order valence-corrected chi connectivity index (χ2v) is 7.92. The van der Waals surface area contributed by atoms with E-state index < -0.39 is 0 Å². The fraction of sp³-hybridized carbons (Fsp3) is 0.0357. The van der Waals surface area contributed by atoms with Gasteiger partial charge < -0.3 is 20.4 Å². The summed E-state index contributed by atoms with van der Waals surface area (Å²) in [6.07, 6.45) is 1.95. The number of hydrogen-bond donors (Lipinski definition) is 4. The molecule has 4 aromatic carbocycles. The molecule has 5 nitrogen and oxygen atoms in total. The van der Waals surface area contributed by atoms with Crippen LogP contribution in [0.1, 0.15) is 11.3 Å². The maximum atomic E-state index is 10.8. The average Bonchev–Trinajstić information content (AvgIpc) is 2.85. The molecule has 4 N–H and O–H groups in total. The summed E-state index contributed by atoms with van der Waals surface area (Å²) in [6.45, 7) is 0. The molecule has 0 spiro atoms. The highest BCUT2D eigenvalue weighted by Crippen LogP contribution is 2.43. The second-order valence-electron chi connectivity index (χ2n) is 7.92. The van der Waals surface area contributed by atoms with Gasteiger partial charge in [-0.05, 0) is 46.5 Å². The van der Waals surface area contributed by atoms with Crippen molar-refractivity contribution in [3.05, 3.63) is 102 Å². The van der Waals surface area contributed by atoms with Crippen LogP contribution in [0.2, 0.25) is 0 Å². The summed E-state index contributed by atoms with van der Waals surface area (Å²) >= 11 is 0. The molecule has 1 aromatic heterocycles. The van der Waals surface area contributed by atoms with Crippen LogP contribution in [0, 0.1) is 0 Å². The molecular weight excluding hydrogens is 414 g/mol. The highest BCUT2D eigenvalue weighted by molar-refractivity contribution is 5.97. The summed E-state index contributed by atoms with van der Waals surface area (Å²) in [5.74, 6) is -0.776. The van der Waals surface area contributed by atoms with Crippen LogP contribution in [0.3, 0.4) is 0 Å². The molecule has 0 unspecified atom stereocenters. The molecule has 0 amide bonds. The third-order valence-electron chi connectivity index (χ3n) is 5.81. The van der Waals surface area contributed by atoms with Crippen LogP contribution in [-0.4, -0.2) is 25.4 Å². The van der Waals surface area contributed by atoms with E-state index in [-0.39, 0.29) is 23.0 Å². The molecule has 0 aliphatic carbocycles. The van der Waals surface area contributed by atoms with E-state index in [0.717, 1.165) is 22.3 Å². The summed E-state index contributed by atoms with van der Waals surface area (Å²) < 4.78 is 0. The Morgan fingerprint density at radius 3 is 2.00 bits per heavy atom. The number of benzene rings is 4. The smallest absolute Gasteiger partial charge is 0.166 e. The Balaban J connectivity index is 1.59. The van der Waals surface area contributed by atoms with Crippen LogP contribution in [0.25, 0.3) is 33.0 Å². The molecule has 0 saturated heterocycles. The first-order valence-electron chi connectivity index (χ1n) is 10.5. The lowest BCUT2D eigenvalue weighted by molar-refractivity contribution is 0.403. The normalized spacial score (nSPS) is 11.0. The van der Waals surface area contributed by atoms with Gasteiger partial charge in [0.05, 0.1) is 5.69 Å². The van der Waals surface area contributed by atoms with Gasteiger partial charge in [0.15, 0.2) is 23.0 Å². The summed E-state index contributed by atoms with van der Waals surface area (Å²) in [6, 6.07) is 25.9. The highest BCUT2D eigenvalue weighted by Gasteiger charge is 2.17. The van der Waals surface area contributed by atoms with Crippen LogP contribution in [0.15, 0.2) is 91.1 Å². The minimum absolute atomic E-state index is 0.186. The van der Waals surface area contributed by atoms with Gasteiger partial charge in [-0.1, -0.05) is 60.7 Å². The molecule has 0 radical (unpaired) electrons. The van der Waals surface area contributed by atoms with Crippen molar-refractivity contribution in [2.45, 2.75) is 6.42 Å². The zero-order valence-electron chi connectivity index (χ0n) is 17.6. The van der Waals surface area contributed by atoms with E-state index in [0.29, 0.717) is 28.5 Å². The van der Waals surface area contributed by atoms with Crippen molar-refractivity contribution in [3.63, 3.8) is 0 Å². The summed E-state index contributed by atoms with van der Waals surface area (Å²) in [5, 5.41) is 42.1. The van der Waals surface area contributed by atoms with Crippen molar-refractivity contribution in [2.75, 3.05) is 0 Å². The van der Waals surface area contributed by atoms with Crippen LogP contribution in [0.5, 0.6) is 23.0 Å². The molecule has 0 bridgehead atoms. The number of hydrogen-bond acceptors (Lipinski definition) is 5. The van der Waals surface area contributed by atoms with Crippen LogP contribution in [0.4, 0.5) is 0 Å². The number of aromatic nitrogens is 1. The van der Waals surface area contributed by atoms with E-state index in [1.54, 1.807) is 18.3 Å². The van der Waals surface area contributed by atoms with E-state index in [4.69, 9.17) is 0 Å². The molecule has 0 saturated carbocycles. The van der Waals surface area contributed by atoms with E-state index in [9.17, 15) is 20.4 Å². The Kier molecular flexibility index (Phi) is 5.07. The van der Waals surface area contributed by atoms with Crippen molar-refractivity contribution in [2.24, 2.45) is 0 Å².